The molecule has 1 aliphatic heterocycles. The first-order valence-corrected chi connectivity index (χ1v) is 9.70. The second kappa shape index (κ2) is 9.34. The Bertz CT molecular complexity index is 1130. The van der Waals surface area contributed by atoms with Crippen molar-refractivity contribution in [1.82, 2.24) is 10.2 Å². The van der Waals surface area contributed by atoms with Gasteiger partial charge in [0.25, 0.3) is 28.4 Å². The van der Waals surface area contributed by atoms with Crippen LogP contribution in [0.4, 0.5) is 20.6 Å². The molecule has 0 spiro atoms. The quantitative estimate of drug-likeness (QED) is 0.376. The summed E-state index contributed by atoms with van der Waals surface area (Å²) in [5, 5.41) is 23.7. The van der Waals surface area contributed by atoms with Crippen molar-refractivity contribution in [1.29, 1.82) is 0 Å². The average Bonchev–Trinajstić information content (AvgIpc) is 3.02. The Hall–Kier alpha value is -4.13. The van der Waals surface area contributed by atoms with E-state index in [4.69, 9.17) is 0 Å². The molecule has 13 heteroatoms. The third kappa shape index (κ3) is 5.13. The molecule has 164 valence electrons. The smallest absolute Gasteiger partial charge is 0.293 e. The van der Waals surface area contributed by atoms with Crippen LogP contribution in [0.1, 0.15) is 15.9 Å². The maximum absolute atomic E-state index is 13.0. The van der Waals surface area contributed by atoms with Crippen LogP contribution in [-0.4, -0.2) is 44.9 Å². The third-order valence-electron chi connectivity index (χ3n) is 4.25. The van der Waals surface area contributed by atoms with Crippen molar-refractivity contribution < 1.29 is 28.6 Å². The van der Waals surface area contributed by atoms with E-state index in [-0.39, 0.29) is 23.6 Å². The fourth-order valence-electron chi connectivity index (χ4n) is 2.72. The van der Waals surface area contributed by atoms with Gasteiger partial charge in [-0.15, -0.1) is 0 Å². The van der Waals surface area contributed by atoms with E-state index in [9.17, 15) is 39.0 Å². The lowest BCUT2D eigenvalue weighted by Gasteiger charge is -2.13. The minimum Gasteiger partial charge on any atom is -0.350 e. The second-order valence-electron chi connectivity index (χ2n) is 6.39. The molecule has 0 radical (unpaired) electrons. The maximum atomic E-state index is 13.0. The zero-order chi connectivity index (χ0) is 23.4. The molecule has 0 bridgehead atoms. The molecule has 1 saturated heterocycles. The minimum absolute atomic E-state index is 0.127. The van der Waals surface area contributed by atoms with E-state index in [0.717, 1.165) is 23.1 Å². The number of nitro groups is 2. The molecule has 0 aromatic heterocycles. The van der Waals surface area contributed by atoms with Crippen LogP contribution in [0.5, 0.6) is 0 Å². The molecule has 11 nitrogen and oxygen atoms in total. The van der Waals surface area contributed by atoms with Gasteiger partial charge in [-0.2, -0.15) is 0 Å². The van der Waals surface area contributed by atoms with Gasteiger partial charge < -0.3 is 5.32 Å². The number of benzene rings is 2. The van der Waals surface area contributed by atoms with E-state index in [2.05, 4.69) is 5.32 Å². The number of amides is 3. The van der Waals surface area contributed by atoms with Crippen LogP contribution >= 0.6 is 11.8 Å². The number of rotatable bonds is 7. The Morgan fingerprint density at radius 2 is 1.66 bits per heavy atom. The zero-order valence-corrected chi connectivity index (χ0v) is 16.8. The Balaban J connectivity index is 1.65. The van der Waals surface area contributed by atoms with Gasteiger partial charge in [0.05, 0.1) is 26.4 Å². The number of carbonyl (C=O) groups excluding carboxylic acids is 3. The second-order valence-corrected chi connectivity index (χ2v) is 7.39. The number of carbonyl (C=O) groups is 3. The number of hydrogen-bond acceptors (Lipinski definition) is 8. The highest BCUT2D eigenvalue weighted by molar-refractivity contribution is 8.18. The van der Waals surface area contributed by atoms with Gasteiger partial charge in [-0.3, -0.25) is 39.5 Å². The molecule has 1 fully saturated rings. The molecule has 0 atom stereocenters. The van der Waals surface area contributed by atoms with Crippen molar-refractivity contribution >= 4 is 46.3 Å². The van der Waals surface area contributed by atoms with Gasteiger partial charge in [-0.05, 0) is 35.5 Å². The maximum Gasteiger partial charge on any atom is 0.293 e. The molecule has 0 aliphatic carbocycles. The van der Waals surface area contributed by atoms with Crippen LogP contribution < -0.4 is 5.32 Å². The number of nitrogens with zero attached hydrogens (tertiary/aromatic N) is 3. The molecule has 1 aliphatic rings. The van der Waals surface area contributed by atoms with Crippen molar-refractivity contribution in [2.75, 3.05) is 13.1 Å². The van der Waals surface area contributed by atoms with Crippen molar-refractivity contribution in [2.45, 2.75) is 0 Å². The molecule has 1 N–H and O–H groups in total. The summed E-state index contributed by atoms with van der Waals surface area (Å²) in [6.45, 7) is -0.370. The summed E-state index contributed by atoms with van der Waals surface area (Å²) in [5.74, 6) is -1.88. The number of thioether (sulfide) groups is 1. The predicted molar refractivity (Wildman–Crippen MR) is 111 cm³/mol. The number of non-ortho nitro benzene ring substituents is 2. The van der Waals surface area contributed by atoms with Gasteiger partial charge in [0, 0.05) is 25.2 Å². The van der Waals surface area contributed by atoms with E-state index in [1.165, 1.54) is 30.3 Å². The van der Waals surface area contributed by atoms with Gasteiger partial charge in [0.2, 0.25) is 0 Å². The molecule has 0 unspecified atom stereocenters. The fraction of sp³-hybridized carbons (Fsp3) is 0.105. The highest BCUT2D eigenvalue weighted by atomic mass is 32.2. The first-order valence-electron chi connectivity index (χ1n) is 8.88. The van der Waals surface area contributed by atoms with Crippen LogP contribution in [0, 0.1) is 26.0 Å². The molecule has 1 heterocycles. The van der Waals surface area contributed by atoms with Crippen molar-refractivity contribution in [3.8, 4) is 0 Å². The van der Waals surface area contributed by atoms with Gasteiger partial charge in [0.15, 0.2) is 0 Å². The van der Waals surface area contributed by atoms with Crippen molar-refractivity contribution in [2.24, 2.45) is 0 Å². The summed E-state index contributed by atoms with van der Waals surface area (Å²) in [6, 6.07) is 7.81. The lowest BCUT2D eigenvalue weighted by molar-refractivity contribution is -0.394. The van der Waals surface area contributed by atoms with Gasteiger partial charge in [0.1, 0.15) is 5.82 Å². The topological polar surface area (TPSA) is 153 Å². The van der Waals surface area contributed by atoms with E-state index in [1.54, 1.807) is 0 Å². The Morgan fingerprint density at radius 3 is 2.22 bits per heavy atom. The first-order chi connectivity index (χ1) is 15.2. The number of hydrogen-bond donors (Lipinski definition) is 1. The van der Waals surface area contributed by atoms with E-state index >= 15 is 0 Å². The standard InChI is InChI=1S/C19H13FN4O7S/c20-13-3-1-11(2-4-13)7-16-18(26)22(19(27)32-16)6-5-21-17(25)12-8-14(23(28)29)10-15(9-12)24(30)31/h1-4,7-10H,5-6H2,(H,21,25)/b16-7-. The molecular formula is C19H13FN4O7S. The average molecular weight is 460 g/mol. The normalized spacial score (nSPS) is 14.7. The highest BCUT2D eigenvalue weighted by Gasteiger charge is 2.34. The summed E-state index contributed by atoms with van der Waals surface area (Å²) in [6.07, 6.45) is 1.44. The molecular weight excluding hydrogens is 447 g/mol. The van der Waals surface area contributed by atoms with Crippen LogP contribution in [-0.2, 0) is 4.79 Å². The Labute approximate surface area is 183 Å². The predicted octanol–water partition coefficient (Wildman–Crippen LogP) is 3.11. The van der Waals surface area contributed by atoms with Gasteiger partial charge in [-0.1, -0.05) is 12.1 Å². The summed E-state index contributed by atoms with van der Waals surface area (Å²) in [5.41, 5.74) is -1.03. The molecule has 2 aromatic carbocycles. The number of nitro benzene ring substituents is 2. The summed E-state index contributed by atoms with van der Waals surface area (Å²) in [7, 11) is 0. The minimum atomic E-state index is -0.864. The molecule has 2 aromatic rings. The van der Waals surface area contributed by atoms with Gasteiger partial charge in [-0.25, -0.2) is 4.39 Å². The first kappa shape index (κ1) is 22.6. The zero-order valence-electron chi connectivity index (χ0n) is 16.0. The van der Waals surface area contributed by atoms with Gasteiger partial charge >= 0.3 is 0 Å². The monoisotopic (exact) mass is 460 g/mol. The summed E-state index contributed by atoms with van der Waals surface area (Å²) < 4.78 is 13.0. The summed E-state index contributed by atoms with van der Waals surface area (Å²) >= 11 is 0.689. The summed E-state index contributed by atoms with van der Waals surface area (Å²) in [4.78, 5) is 58.0. The van der Waals surface area contributed by atoms with E-state index in [0.29, 0.717) is 17.3 Å². The van der Waals surface area contributed by atoms with Crippen molar-refractivity contribution in [3.05, 3.63) is 84.5 Å². The highest BCUT2D eigenvalue weighted by Crippen LogP contribution is 2.32. The van der Waals surface area contributed by atoms with E-state index in [1.807, 2.05) is 0 Å². The molecule has 32 heavy (non-hydrogen) atoms. The van der Waals surface area contributed by atoms with Crippen LogP contribution in [0.2, 0.25) is 0 Å². The Morgan fingerprint density at radius 1 is 1.06 bits per heavy atom. The Kier molecular flexibility index (Phi) is 6.59. The molecule has 3 rings (SSSR count). The number of nitrogens with one attached hydrogen (secondary N) is 1. The van der Waals surface area contributed by atoms with Crippen LogP contribution in [0.25, 0.3) is 6.08 Å². The van der Waals surface area contributed by atoms with Crippen LogP contribution in [0.15, 0.2) is 47.4 Å². The molecule has 3 amide bonds. The fourth-order valence-corrected chi connectivity index (χ4v) is 3.59. The third-order valence-corrected chi connectivity index (χ3v) is 5.16. The lowest BCUT2D eigenvalue weighted by atomic mass is 10.1. The van der Waals surface area contributed by atoms with Crippen molar-refractivity contribution in [3.63, 3.8) is 0 Å². The van der Waals surface area contributed by atoms with E-state index < -0.39 is 44.1 Å². The number of halogens is 1. The number of imide groups is 1. The SMILES string of the molecule is O=C(NCCN1C(=O)S/C(=C\c2ccc(F)cc2)C1=O)c1cc([N+](=O)[O-])cc([N+](=O)[O-])c1. The lowest BCUT2D eigenvalue weighted by Crippen LogP contribution is -2.37. The molecule has 0 saturated carbocycles. The largest absolute Gasteiger partial charge is 0.350 e. The van der Waals surface area contributed by atoms with Crippen LogP contribution in [0.3, 0.4) is 0 Å².